The zero-order valence-corrected chi connectivity index (χ0v) is 12.7. The van der Waals surface area contributed by atoms with Crippen molar-refractivity contribution in [1.29, 1.82) is 0 Å². The fraction of sp³-hybridized carbons (Fsp3) is 0.333. The predicted octanol–water partition coefficient (Wildman–Crippen LogP) is 3.66. The first-order valence-electron chi connectivity index (χ1n) is 6.42. The van der Waals surface area contributed by atoms with Crippen LogP contribution in [-0.4, -0.2) is 15.5 Å². The van der Waals surface area contributed by atoms with E-state index in [4.69, 9.17) is 0 Å². The van der Waals surface area contributed by atoms with Crippen LogP contribution >= 0.6 is 11.8 Å². The SMILES string of the molecule is CC(C)(C)NCc1cnc(Sc2ccccc2F)nc1. The van der Waals surface area contributed by atoms with Crippen LogP contribution in [0.1, 0.15) is 26.3 Å². The molecular weight excluding hydrogens is 273 g/mol. The minimum Gasteiger partial charge on any atom is -0.308 e. The summed E-state index contributed by atoms with van der Waals surface area (Å²) in [5.74, 6) is -0.250. The van der Waals surface area contributed by atoms with Crippen molar-refractivity contribution in [3.63, 3.8) is 0 Å². The molecule has 0 aliphatic carbocycles. The molecular formula is C15H18FN3S. The number of aromatic nitrogens is 2. The number of nitrogens with one attached hydrogen (secondary N) is 1. The Hall–Kier alpha value is -1.46. The average molecular weight is 291 g/mol. The third kappa shape index (κ3) is 4.58. The molecule has 0 saturated carbocycles. The molecule has 0 fully saturated rings. The second-order valence-corrected chi connectivity index (χ2v) is 6.52. The van der Waals surface area contributed by atoms with Gasteiger partial charge in [-0.2, -0.15) is 0 Å². The van der Waals surface area contributed by atoms with Gasteiger partial charge in [0.1, 0.15) is 5.82 Å². The summed E-state index contributed by atoms with van der Waals surface area (Å²) < 4.78 is 13.5. The molecule has 0 saturated heterocycles. The normalized spacial score (nSPS) is 11.6. The summed E-state index contributed by atoms with van der Waals surface area (Å²) in [4.78, 5) is 9.06. The first kappa shape index (κ1) is 14.9. The summed E-state index contributed by atoms with van der Waals surface area (Å²) in [7, 11) is 0. The molecule has 3 nitrogen and oxygen atoms in total. The third-order valence-corrected chi connectivity index (χ3v) is 3.49. The van der Waals surface area contributed by atoms with E-state index in [1.807, 2.05) is 0 Å². The van der Waals surface area contributed by atoms with Gasteiger partial charge >= 0.3 is 0 Å². The highest BCUT2D eigenvalue weighted by Gasteiger charge is 2.09. The largest absolute Gasteiger partial charge is 0.308 e. The van der Waals surface area contributed by atoms with E-state index in [0.29, 0.717) is 16.6 Å². The number of benzene rings is 1. The van der Waals surface area contributed by atoms with Crippen molar-refractivity contribution in [2.24, 2.45) is 0 Å². The highest BCUT2D eigenvalue weighted by molar-refractivity contribution is 7.99. The van der Waals surface area contributed by atoms with Gasteiger partial charge in [0.25, 0.3) is 0 Å². The van der Waals surface area contributed by atoms with Gasteiger partial charge in [0, 0.05) is 30.0 Å². The Morgan fingerprint density at radius 3 is 2.40 bits per heavy atom. The number of hydrogen-bond donors (Lipinski definition) is 1. The lowest BCUT2D eigenvalue weighted by Gasteiger charge is -2.20. The Bertz CT molecular complexity index is 564. The zero-order valence-electron chi connectivity index (χ0n) is 11.9. The number of hydrogen-bond acceptors (Lipinski definition) is 4. The molecule has 20 heavy (non-hydrogen) atoms. The van der Waals surface area contributed by atoms with Gasteiger partial charge in [0.15, 0.2) is 5.16 Å². The minimum atomic E-state index is -0.250. The first-order valence-corrected chi connectivity index (χ1v) is 7.24. The molecule has 5 heteroatoms. The summed E-state index contributed by atoms with van der Waals surface area (Å²) in [6.45, 7) is 7.04. The smallest absolute Gasteiger partial charge is 0.192 e. The first-order chi connectivity index (χ1) is 9.44. The highest BCUT2D eigenvalue weighted by Crippen LogP contribution is 2.26. The Labute approximate surface area is 123 Å². The average Bonchev–Trinajstić information content (AvgIpc) is 2.40. The van der Waals surface area contributed by atoms with E-state index < -0.39 is 0 Å². The van der Waals surface area contributed by atoms with Gasteiger partial charge in [0.05, 0.1) is 4.90 Å². The monoisotopic (exact) mass is 291 g/mol. The molecule has 0 spiro atoms. The van der Waals surface area contributed by atoms with E-state index in [1.54, 1.807) is 30.6 Å². The lowest BCUT2D eigenvalue weighted by molar-refractivity contribution is 0.423. The van der Waals surface area contributed by atoms with E-state index in [-0.39, 0.29) is 11.4 Å². The summed E-state index contributed by atoms with van der Waals surface area (Å²) in [6, 6.07) is 6.62. The molecule has 0 unspecified atom stereocenters. The summed E-state index contributed by atoms with van der Waals surface area (Å²) >= 11 is 1.23. The van der Waals surface area contributed by atoms with Crippen LogP contribution in [-0.2, 0) is 6.54 Å². The van der Waals surface area contributed by atoms with Crippen molar-refractivity contribution in [3.05, 3.63) is 48.0 Å². The number of nitrogens with zero attached hydrogens (tertiary/aromatic N) is 2. The zero-order chi connectivity index (χ0) is 14.6. The molecule has 2 rings (SSSR count). The standard InChI is InChI=1S/C15H18FN3S/c1-15(2,3)19-10-11-8-17-14(18-9-11)20-13-7-5-4-6-12(13)16/h4-9,19H,10H2,1-3H3. The fourth-order valence-corrected chi connectivity index (χ4v) is 2.20. The van der Waals surface area contributed by atoms with Crippen molar-refractivity contribution in [1.82, 2.24) is 15.3 Å². The van der Waals surface area contributed by atoms with Gasteiger partial charge in [-0.1, -0.05) is 12.1 Å². The van der Waals surface area contributed by atoms with Crippen molar-refractivity contribution in [2.75, 3.05) is 0 Å². The molecule has 1 heterocycles. The predicted molar refractivity (Wildman–Crippen MR) is 79.1 cm³/mol. The Balaban J connectivity index is 2.00. The molecule has 106 valence electrons. The maximum atomic E-state index is 13.5. The maximum absolute atomic E-state index is 13.5. The molecule has 0 amide bonds. The van der Waals surface area contributed by atoms with E-state index in [2.05, 4.69) is 36.1 Å². The molecule has 0 radical (unpaired) electrons. The number of rotatable bonds is 4. The van der Waals surface area contributed by atoms with E-state index in [9.17, 15) is 4.39 Å². The summed E-state index contributed by atoms with van der Waals surface area (Å²) in [6.07, 6.45) is 3.55. The molecule has 0 atom stereocenters. The van der Waals surface area contributed by atoms with Gasteiger partial charge in [-0.15, -0.1) is 0 Å². The van der Waals surface area contributed by atoms with Crippen molar-refractivity contribution in [3.8, 4) is 0 Å². The van der Waals surface area contributed by atoms with Crippen LogP contribution in [0.15, 0.2) is 46.7 Å². The highest BCUT2D eigenvalue weighted by atomic mass is 32.2. The van der Waals surface area contributed by atoms with Crippen molar-refractivity contribution in [2.45, 2.75) is 42.9 Å². The second kappa shape index (κ2) is 6.33. The van der Waals surface area contributed by atoms with Gasteiger partial charge in [-0.05, 0) is 44.7 Å². The van der Waals surface area contributed by atoms with Crippen molar-refractivity contribution < 1.29 is 4.39 Å². The molecule has 0 bridgehead atoms. The molecule has 2 aromatic rings. The van der Waals surface area contributed by atoms with Crippen LogP contribution < -0.4 is 5.32 Å². The second-order valence-electron chi connectivity index (χ2n) is 5.51. The molecule has 1 aromatic carbocycles. The molecule has 1 aromatic heterocycles. The number of halogens is 1. The van der Waals surface area contributed by atoms with Gasteiger partial charge in [-0.3, -0.25) is 0 Å². The van der Waals surface area contributed by atoms with Gasteiger partial charge in [0.2, 0.25) is 0 Å². The topological polar surface area (TPSA) is 37.8 Å². The molecule has 0 aliphatic rings. The van der Waals surface area contributed by atoms with Crippen LogP contribution in [0.25, 0.3) is 0 Å². The van der Waals surface area contributed by atoms with Gasteiger partial charge < -0.3 is 5.32 Å². The van der Waals surface area contributed by atoms with Crippen LogP contribution in [0.5, 0.6) is 0 Å². The Morgan fingerprint density at radius 2 is 1.80 bits per heavy atom. The van der Waals surface area contributed by atoms with E-state index >= 15 is 0 Å². The minimum absolute atomic E-state index is 0.0561. The van der Waals surface area contributed by atoms with Gasteiger partial charge in [-0.25, -0.2) is 14.4 Å². The molecule has 1 N–H and O–H groups in total. The van der Waals surface area contributed by atoms with Crippen LogP contribution in [0, 0.1) is 5.82 Å². The Morgan fingerprint density at radius 1 is 1.15 bits per heavy atom. The quantitative estimate of drug-likeness (QED) is 0.873. The van der Waals surface area contributed by atoms with Crippen LogP contribution in [0.3, 0.4) is 0 Å². The maximum Gasteiger partial charge on any atom is 0.192 e. The fourth-order valence-electron chi connectivity index (χ4n) is 1.48. The summed E-state index contributed by atoms with van der Waals surface area (Å²) in [5, 5.41) is 3.92. The lowest BCUT2D eigenvalue weighted by Crippen LogP contribution is -2.35. The van der Waals surface area contributed by atoms with Crippen LogP contribution in [0.4, 0.5) is 4.39 Å². The molecule has 0 aliphatic heterocycles. The Kier molecular flexibility index (Phi) is 4.73. The summed E-state index contributed by atoms with van der Waals surface area (Å²) in [5.41, 5.74) is 1.07. The van der Waals surface area contributed by atoms with Crippen LogP contribution in [0.2, 0.25) is 0 Å². The van der Waals surface area contributed by atoms with Crippen molar-refractivity contribution >= 4 is 11.8 Å². The van der Waals surface area contributed by atoms with E-state index in [0.717, 1.165) is 5.56 Å². The third-order valence-electron chi connectivity index (χ3n) is 2.54. The van der Waals surface area contributed by atoms with E-state index in [1.165, 1.54) is 17.8 Å². The lowest BCUT2D eigenvalue weighted by atomic mass is 10.1.